The predicted octanol–water partition coefficient (Wildman–Crippen LogP) is 1.77. The van der Waals surface area contributed by atoms with Crippen molar-refractivity contribution in [1.29, 1.82) is 0 Å². The maximum Gasteiger partial charge on any atom is 0.350 e. The summed E-state index contributed by atoms with van der Waals surface area (Å²) in [6.45, 7) is 0. The summed E-state index contributed by atoms with van der Waals surface area (Å²) >= 11 is 0. The van der Waals surface area contributed by atoms with Crippen molar-refractivity contribution in [2.24, 2.45) is 0 Å². The lowest BCUT2D eigenvalue weighted by Crippen LogP contribution is -2.33. The molecule has 114 valence electrons. The summed E-state index contributed by atoms with van der Waals surface area (Å²) < 4.78 is 15.2. The number of halogens is 1. The predicted molar refractivity (Wildman–Crippen MR) is 77.7 cm³/mol. The van der Waals surface area contributed by atoms with Crippen LogP contribution in [0.1, 0.15) is 30.3 Å². The summed E-state index contributed by atoms with van der Waals surface area (Å²) in [6.07, 6.45) is 4.77. The van der Waals surface area contributed by atoms with Gasteiger partial charge in [0.15, 0.2) is 0 Å². The van der Waals surface area contributed by atoms with Crippen LogP contribution in [0, 0.1) is 5.82 Å². The fourth-order valence-electron chi connectivity index (χ4n) is 2.56. The number of hydrogen-bond acceptors (Lipinski definition) is 3. The minimum Gasteiger partial charge on any atom is -0.480 e. The van der Waals surface area contributed by atoms with Crippen LogP contribution in [-0.2, 0) is 11.2 Å². The fraction of sp³-hybridized carbons (Fsp3) is 0.267. The van der Waals surface area contributed by atoms with Crippen molar-refractivity contribution in [1.82, 2.24) is 14.3 Å². The summed E-state index contributed by atoms with van der Waals surface area (Å²) in [6, 6.07) is 4.94. The van der Waals surface area contributed by atoms with Gasteiger partial charge in [-0.3, -0.25) is 4.57 Å². The Bertz CT molecular complexity index is 789. The number of rotatable bonds is 3. The Labute approximate surface area is 125 Å². The van der Waals surface area contributed by atoms with Gasteiger partial charge in [0.2, 0.25) is 0 Å². The molecular formula is C15H14FN3O3. The summed E-state index contributed by atoms with van der Waals surface area (Å²) in [5.74, 6) is -0.881. The highest BCUT2D eigenvalue weighted by atomic mass is 19.1. The molecule has 1 aliphatic rings. The first-order chi connectivity index (χ1) is 10.6. The second-order valence-electron chi connectivity index (χ2n) is 5.13. The average molecular weight is 303 g/mol. The minimum atomic E-state index is -1.02. The highest BCUT2D eigenvalue weighted by molar-refractivity contribution is 5.72. The lowest BCUT2D eigenvalue weighted by molar-refractivity contribution is -0.141. The van der Waals surface area contributed by atoms with E-state index in [1.165, 1.54) is 22.9 Å². The zero-order valence-electron chi connectivity index (χ0n) is 11.6. The Balaban J connectivity index is 1.94. The Morgan fingerprint density at radius 3 is 2.77 bits per heavy atom. The van der Waals surface area contributed by atoms with E-state index in [4.69, 9.17) is 0 Å². The highest BCUT2D eigenvalue weighted by Crippen LogP contribution is 2.21. The molecule has 7 heteroatoms. The Morgan fingerprint density at radius 1 is 1.36 bits per heavy atom. The molecule has 0 aliphatic carbocycles. The largest absolute Gasteiger partial charge is 0.480 e. The quantitative estimate of drug-likeness (QED) is 0.937. The van der Waals surface area contributed by atoms with Crippen molar-refractivity contribution >= 4 is 18.2 Å². The monoisotopic (exact) mass is 303 g/mol. The van der Waals surface area contributed by atoms with Gasteiger partial charge in [0.05, 0.1) is 0 Å². The van der Waals surface area contributed by atoms with E-state index < -0.39 is 17.7 Å². The molecule has 0 amide bonds. The molecule has 2 heterocycles. The average Bonchev–Trinajstić information content (AvgIpc) is 2.83. The van der Waals surface area contributed by atoms with Gasteiger partial charge < -0.3 is 5.11 Å². The molecule has 0 spiro atoms. The molecule has 2 aromatic rings. The number of aromatic nitrogens is 3. The van der Waals surface area contributed by atoms with Gasteiger partial charge in [-0.15, -0.1) is 0 Å². The van der Waals surface area contributed by atoms with Gasteiger partial charge in [0.1, 0.15) is 17.7 Å². The molecule has 0 bridgehead atoms. The fourth-order valence-corrected chi connectivity index (χ4v) is 2.56. The second kappa shape index (κ2) is 5.59. The molecular weight excluding hydrogens is 289 g/mol. The van der Waals surface area contributed by atoms with E-state index in [-0.39, 0.29) is 5.82 Å². The normalized spacial score (nSPS) is 17.6. The molecule has 3 rings (SSSR count). The molecule has 1 aromatic carbocycles. The first kappa shape index (κ1) is 14.2. The molecule has 1 aromatic heterocycles. The van der Waals surface area contributed by atoms with Crippen LogP contribution in [0.2, 0.25) is 0 Å². The van der Waals surface area contributed by atoms with Crippen molar-refractivity contribution in [3.63, 3.8) is 0 Å². The van der Waals surface area contributed by atoms with E-state index in [9.17, 15) is 19.1 Å². The van der Waals surface area contributed by atoms with E-state index in [0.717, 1.165) is 4.68 Å². The number of aryl methyl sites for hydroxylation is 1. The smallest absolute Gasteiger partial charge is 0.350 e. The zero-order chi connectivity index (χ0) is 15.7. The van der Waals surface area contributed by atoms with Crippen LogP contribution in [0.25, 0.3) is 12.3 Å². The topological polar surface area (TPSA) is 77.1 Å². The van der Waals surface area contributed by atoms with Gasteiger partial charge in [-0.1, -0.05) is 12.1 Å². The van der Waals surface area contributed by atoms with Crippen LogP contribution in [0.5, 0.6) is 0 Å². The molecule has 1 N–H and O–H groups in total. The van der Waals surface area contributed by atoms with Gasteiger partial charge in [-0.25, -0.2) is 14.0 Å². The standard InChI is InChI=1S/C15H14FN3O3/c16-11-6-4-10(5-7-11)8-9-18-15(22)19-12(14(20)21)2-1-3-13(19)17-18/h4-9,12H,1-3H2,(H,20,21)/b9-8+. The van der Waals surface area contributed by atoms with Crippen molar-refractivity contribution in [3.05, 3.63) is 52.0 Å². The molecule has 1 aliphatic heterocycles. The number of benzene rings is 1. The highest BCUT2D eigenvalue weighted by Gasteiger charge is 2.29. The first-order valence-electron chi connectivity index (χ1n) is 6.93. The van der Waals surface area contributed by atoms with E-state index >= 15 is 0 Å². The summed E-state index contributed by atoms with van der Waals surface area (Å²) in [4.78, 5) is 23.5. The van der Waals surface area contributed by atoms with Gasteiger partial charge in [0.25, 0.3) is 0 Å². The van der Waals surface area contributed by atoms with Crippen LogP contribution >= 0.6 is 0 Å². The molecule has 0 fully saturated rings. The maximum atomic E-state index is 12.8. The number of fused-ring (bicyclic) bond motifs is 1. The number of carboxylic acids is 1. The van der Waals surface area contributed by atoms with Crippen LogP contribution in [0.4, 0.5) is 4.39 Å². The maximum absolute atomic E-state index is 12.8. The molecule has 1 atom stereocenters. The van der Waals surface area contributed by atoms with Gasteiger partial charge >= 0.3 is 11.7 Å². The van der Waals surface area contributed by atoms with Crippen molar-refractivity contribution in [2.45, 2.75) is 25.3 Å². The van der Waals surface area contributed by atoms with Crippen LogP contribution in [-0.4, -0.2) is 25.4 Å². The van der Waals surface area contributed by atoms with E-state index in [0.29, 0.717) is 30.7 Å². The molecule has 0 radical (unpaired) electrons. The van der Waals surface area contributed by atoms with Crippen LogP contribution < -0.4 is 5.69 Å². The zero-order valence-corrected chi connectivity index (χ0v) is 11.6. The number of aliphatic carboxylic acids is 1. The number of carboxylic acid groups (broad SMARTS) is 1. The van der Waals surface area contributed by atoms with Crippen molar-refractivity contribution in [3.8, 4) is 0 Å². The number of hydrogen-bond donors (Lipinski definition) is 1. The molecule has 1 unspecified atom stereocenters. The SMILES string of the molecule is O=C(O)C1CCCc2nn(/C=C/c3ccc(F)cc3)c(=O)n21. The van der Waals surface area contributed by atoms with E-state index in [2.05, 4.69) is 5.10 Å². The Hall–Kier alpha value is -2.70. The van der Waals surface area contributed by atoms with Gasteiger partial charge in [-0.05, 0) is 36.6 Å². The molecule has 6 nitrogen and oxygen atoms in total. The first-order valence-corrected chi connectivity index (χ1v) is 6.93. The van der Waals surface area contributed by atoms with Gasteiger partial charge in [0, 0.05) is 12.6 Å². The summed E-state index contributed by atoms with van der Waals surface area (Å²) in [5.41, 5.74) is 0.245. The number of nitrogens with zero attached hydrogens (tertiary/aromatic N) is 3. The molecule has 22 heavy (non-hydrogen) atoms. The third kappa shape index (κ3) is 2.57. The van der Waals surface area contributed by atoms with E-state index in [1.54, 1.807) is 18.2 Å². The third-order valence-electron chi connectivity index (χ3n) is 3.66. The molecule has 0 saturated carbocycles. The molecule has 0 saturated heterocycles. The van der Waals surface area contributed by atoms with Crippen molar-refractivity contribution in [2.75, 3.05) is 0 Å². The Morgan fingerprint density at radius 2 is 2.09 bits per heavy atom. The second-order valence-corrected chi connectivity index (χ2v) is 5.13. The van der Waals surface area contributed by atoms with Crippen LogP contribution in [0.15, 0.2) is 29.1 Å². The van der Waals surface area contributed by atoms with E-state index in [1.807, 2.05) is 0 Å². The number of carbonyl (C=O) groups is 1. The summed E-state index contributed by atoms with van der Waals surface area (Å²) in [5, 5.41) is 13.4. The minimum absolute atomic E-state index is 0.337. The summed E-state index contributed by atoms with van der Waals surface area (Å²) in [7, 11) is 0. The third-order valence-corrected chi connectivity index (χ3v) is 3.66. The Kier molecular flexibility index (Phi) is 3.62. The van der Waals surface area contributed by atoms with Crippen molar-refractivity contribution < 1.29 is 14.3 Å². The van der Waals surface area contributed by atoms with Crippen LogP contribution in [0.3, 0.4) is 0 Å². The lowest BCUT2D eigenvalue weighted by atomic mass is 10.1. The van der Waals surface area contributed by atoms with Gasteiger partial charge in [-0.2, -0.15) is 9.78 Å². The lowest BCUT2D eigenvalue weighted by Gasteiger charge is -2.19.